The Morgan fingerprint density at radius 3 is 2.41 bits per heavy atom. The molecule has 1 atom stereocenters. The van der Waals surface area contributed by atoms with E-state index in [-0.39, 0.29) is 11.4 Å². The molecule has 0 aliphatic carbocycles. The molecular formula is C15H15ClFNO3S. The van der Waals surface area contributed by atoms with Gasteiger partial charge in [-0.1, -0.05) is 29.8 Å². The average Bonchev–Trinajstić information content (AvgIpc) is 2.50. The van der Waals surface area contributed by atoms with Crippen LogP contribution < -0.4 is 4.72 Å². The summed E-state index contributed by atoms with van der Waals surface area (Å²) in [5, 5.41) is 0.496. The lowest BCUT2D eigenvalue weighted by Gasteiger charge is -2.17. The standard InChI is InChI=1S/C15H15ClFNO3S/c1-21-15(13-4-2-3-5-14(13)16)10-18-22(19,20)12-8-6-11(17)7-9-12/h2-9,15,18H,10H2,1H3. The number of hydrogen-bond donors (Lipinski definition) is 1. The molecule has 0 spiro atoms. The van der Waals surface area contributed by atoms with Crippen LogP contribution in [0.15, 0.2) is 53.4 Å². The van der Waals surface area contributed by atoms with Gasteiger partial charge in [0.2, 0.25) is 10.0 Å². The van der Waals surface area contributed by atoms with Crippen molar-refractivity contribution in [2.24, 2.45) is 0 Å². The number of ether oxygens (including phenoxy) is 1. The zero-order valence-corrected chi connectivity index (χ0v) is 13.4. The molecule has 1 unspecified atom stereocenters. The molecule has 0 saturated carbocycles. The van der Waals surface area contributed by atoms with Gasteiger partial charge in [0.25, 0.3) is 0 Å². The normalized spacial score (nSPS) is 13.0. The van der Waals surface area contributed by atoms with E-state index in [1.807, 2.05) is 0 Å². The second kappa shape index (κ2) is 7.19. The molecule has 0 aliphatic heterocycles. The molecule has 0 aliphatic rings. The molecule has 2 aromatic rings. The summed E-state index contributed by atoms with van der Waals surface area (Å²) in [5.41, 5.74) is 0.688. The molecule has 2 rings (SSSR count). The highest BCUT2D eigenvalue weighted by molar-refractivity contribution is 7.89. The lowest BCUT2D eigenvalue weighted by molar-refractivity contribution is 0.107. The van der Waals surface area contributed by atoms with E-state index in [1.165, 1.54) is 19.2 Å². The predicted octanol–water partition coefficient (Wildman–Crippen LogP) is 3.15. The highest BCUT2D eigenvalue weighted by Gasteiger charge is 2.19. The number of hydrogen-bond acceptors (Lipinski definition) is 3. The Morgan fingerprint density at radius 1 is 1.18 bits per heavy atom. The minimum absolute atomic E-state index is 0.0112. The van der Waals surface area contributed by atoms with Gasteiger partial charge in [-0.25, -0.2) is 17.5 Å². The van der Waals surface area contributed by atoms with Crippen molar-refractivity contribution in [1.29, 1.82) is 0 Å². The number of halogens is 2. The predicted molar refractivity (Wildman–Crippen MR) is 82.8 cm³/mol. The van der Waals surface area contributed by atoms with Crippen LogP contribution in [0.4, 0.5) is 4.39 Å². The number of rotatable bonds is 6. The third-order valence-electron chi connectivity index (χ3n) is 3.12. The second-order valence-corrected chi connectivity index (χ2v) is 6.73. The van der Waals surface area contributed by atoms with Gasteiger partial charge in [0, 0.05) is 24.2 Å². The van der Waals surface area contributed by atoms with E-state index >= 15 is 0 Å². The molecule has 7 heteroatoms. The molecular weight excluding hydrogens is 329 g/mol. The van der Waals surface area contributed by atoms with Crippen LogP contribution >= 0.6 is 11.6 Å². The Hall–Kier alpha value is -1.47. The van der Waals surface area contributed by atoms with Crippen LogP contribution in [0.1, 0.15) is 11.7 Å². The van der Waals surface area contributed by atoms with Gasteiger partial charge in [-0.15, -0.1) is 0 Å². The minimum Gasteiger partial charge on any atom is -0.375 e. The summed E-state index contributed by atoms with van der Waals surface area (Å²) >= 11 is 6.08. The van der Waals surface area contributed by atoms with Gasteiger partial charge in [-0.3, -0.25) is 0 Å². The van der Waals surface area contributed by atoms with Crippen molar-refractivity contribution >= 4 is 21.6 Å². The van der Waals surface area contributed by atoms with Gasteiger partial charge in [0.05, 0.1) is 11.0 Å². The topological polar surface area (TPSA) is 55.4 Å². The lowest BCUT2D eigenvalue weighted by Crippen LogP contribution is -2.29. The summed E-state index contributed by atoms with van der Waals surface area (Å²) in [4.78, 5) is -0.0112. The Labute approximate surface area is 133 Å². The number of sulfonamides is 1. The Morgan fingerprint density at radius 2 is 1.82 bits per heavy atom. The number of nitrogens with one attached hydrogen (secondary N) is 1. The maximum absolute atomic E-state index is 12.9. The monoisotopic (exact) mass is 343 g/mol. The van der Waals surface area contributed by atoms with Crippen LogP contribution in [0.3, 0.4) is 0 Å². The molecule has 118 valence electrons. The fraction of sp³-hybridized carbons (Fsp3) is 0.200. The molecule has 0 saturated heterocycles. The van der Waals surface area contributed by atoms with E-state index in [0.29, 0.717) is 10.6 Å². The van der Waals surface area contributed by atoms with Crippen LogP contribution in [0.2, 0.25) is 5.02 Å². The van der Waals surface area contributed by atoms with Gasteiger partial charge in [-0.05, 0) is 30.3 Å². The molecule has 4 nitrogen and oxygen atoms in total. The highest BCUT2D eigenvalue weighted by atomic mass is 35.5. The zero-order chi connectivity index (χ0) is 16.2. The van der Waals surface area contributed by atoms with E-state index in [4.69, 9.17) is 16.3 Å². The fourth-order valence-electron chi connectivity index (χ4n) is 1.94. The maximum Gasteiger partial charge on any atom is 0.240 e. The molecule has 22 heavy (non-hydrogen) atoms. The highest BCUT2D eigenvalue weighted by Crippen LogP contribution is 2.24. The molecule has 2 aromatic carbocycles. The van der Waals surface area contributed by atoms with Crippen molar-refractivity contribution < 1.29 is 17.5 Å². The summed E-state index contributed by atoms with van der Waals surface area (Å²) in [7, 11) is -2.27. The van der Waals surface area contributed by atoms with Crippen LogP contribution in [0.5, 0.6) is 0 Å². The summed E-state index contributed by atoms with van der Waals surface area (Å²) in [5.74, 6) is -0.496. The molecule has 0 amide bonds. The second-order valence-electron chi connectivity index (χ2n) is 4.55. The zero-order valence-electron chi connectivity index (χ0n) is 11.8. The van der Waals surface area contributed by atoms with Crippen LogP contribution in [-0.2, 0) is 14.8 Å². The molecule has 0 heterocycles. The SMILES string of the molecule is COC(CNS(=O)(=O)c1ccc(F)cc1)c1ccccc1Cl. The maximum atomic E-state index is 12.9. The van der Waals surface area contributed by atoms with Gasteiger partial charge < -0.3 is 4.74 Å². The minimum atomic E-state index is -3.74. The van der Waals surface area contributed by atoms with Gasteiger partial charge in [0.15, 0.2) is 0 Å². The molecule has 0 aromatic heterocycles. The van der Waals surface area contributed by atoms with Crippen molar-refractivity contribution in [2.75, 3.05) is 13.7 Å². The van der Waals surface area contributed by atoms with Gasteiger partial charge >= 0.3 is 0 Å². The Bertz CT molecular complexity index is 735. The van der Waals surface area contributed by atoms with E-state index in [2.05, 4.69) is 4.72 Å². The van der Waals surface area contributed by atoms with Gasteiger partial charge in [0.1, 0.15) is 5.82 Å². The van der Waals surface area contributed by atoms with Crippen molar-refractivity contribution in [3.8, 4) is 0 Å². The van der Waals surface area contributed by atoms with Crippen molar-refractivity contribution in [3.05, 3.63) is 64.9 Å². The summed E-state index contributed by atoms with van der Waals surface area (Å²) in [6, 6.07) is 11.6. The molecule has 0 fully saturated rings. The lowest BCUT2D eigenvalue weighted by atomic mass is 10.1. The first kappa shape index (κ1) is 16.9. The van der Waals surface area contributed by atoms with E-state index in [0.717, 1.165) is 12.1 Å². The van der Waals surface area contributed by atoms with E-state index in [1.54, 1.807) is 24.3 Å². The first-order chi connectivity index (χ1) is 10.4. The van der Waals surface area contributed by atoms with Crippen molar-refractivity contribution in [1.82, 2.24) is 4.72 Å². The Kier molecular flexibility index (Phi) is 5.52. The number of benzene rings is 2. The molecule has 0 bridgehead atoms. The smallest absolute Gasteiger partial charge is 0.240 e. The first-order valence-corrected chi connectivity index (χ1v) is 8.32. The largest absolute Gasteiger partial charge is 0.375 e. The quantitative estimate of drug-likeness (QED) is 0.876. The van der Waals surface area contributed by atoms with Crippen molar-refractivity contribution in [3.63, 3.8) is 0 Å². The van der Waals surface area contributed by atoms with Crippen molar-refractivity contribution in [2.45, 2.75) is 11.0 Å². The first-order valence-electron chi connectivity index (χ1n) is 6.46. The molecule has 0 radical (unpaired) electrons. The van der Waals surface area contributed by atoms with Crippen LogP contribution in [-0.4, -0.2) is 22.1 Å². The van der Waals surface area contributed by atoms with Crippen LogP contribution in [0.25, 0.3) is 0 Å². The van der Waals surface area contributed by atoms with E-state index in [9.17, 15) is 12.8 Å². The van der Waals surface area contributed by atoms with Gasteiger partial charge in [-0.2, -0.15) is 0 Å². The number of methoxy groups -OCH3 is 1. The third-order valence-corrected chi connectivity index (χ3v) is 4.90. The van der Waals surface area contributed by atoms with E-state index < -0.39 is 21.9 Å². The summed E-state index contributed by atoms with van der Waals surface area (Å²) in [6.45, 7) is 0.0138. The average molecular weight is 344 g/mol. The molecule has 1 N–H and O–H groups in total. The Balaban J connectivity index is 2.13. The third kappa shape index (κ3) is 4.04. The fourth-order valence-corrected chi connectivity index (χ4v) is 3.23. The van der Waals surface area contributed by atoms with Crippen LogP contribution in [0, 0.1) is 5.82 Å². The summed E-state index contributed by atoms with van der Waals surface area (Å²) < 4.78 is 44.9. The summed E-state index contributed by atoms with van der Waals surface area (Å²) in [6.07, 6.45) is -0.524.